The van der Waals surface area contributed by atoms with Crippen LogP contribution >= 0.6 is 0 Å². The van der Waals surface area contributed by atoms with E-state index in [0.717, 1.165) is 0 Å². The molecule has 0 aromatic heterocycles. The van der Waals surface area contributed by atoms with Gasteiger partial charge in [0.2, 0.25) is 0 Å². The van der Waals surface area contributed by atoms with Crippen molar-refractivity contribution < 1.29 is 52.8 Å². The minimum atomic E-state index is 0. The predicted octanol–water partition coefficient (Wildman–Crippen LogP) is 4.26. The molecule has 0 bridgehead atoms. The second kappa shape index (κ2) is 458. The van der Waals surface area contributed by atoms with Crippen LogP contribution in [0.4, 0.5) is 0 Å². The van der Waals surface area contributed by atoms with Crippen molar-refractivity contribution >= 4 is 0 Å². The van der Waals surface area contributed by atoms with Crippen LogP contribution in [-0.4, -0.2) is 0 Å². The summed E-state index contributed by atoms with van der Waals surface area (Å²) in [4.78, 5) is 0. The molecular weight excluding hydrogens is 391 g/mol. The first-order valence-corrected chi connectivity index (χ1v) is 1.00. The summed E-state index contributed by atoms with van der Waals surface area (Å²) in [5.41, 5.74) is 0. The van der Waals surface area contributed by atoms with E-state index in [0.29, 0.717) is 0 Å². The van der Waals surface area contributed by atoms with Gasteiger partial charge < -0.3 is 35.9 Å². The Bertz CT molecular complexity index is 14.1. The SMILES string of the molecule is C.C.CC.N.[CH3-].[CH3-].[CH3-].[CH3-].[Ir].[Y]. The van der Waals surface area contributed by atoms with Crippen molar-refractivity contribution in [3.05, 3.63) is 29.7 Å². The van der Waals surface area contributed by atoms with Crippen molar-refractivity contribution in [1.82, 2.24) is 6.15 Å². The van der Waals surface area contributed by atoms with Crippen LogP contribution in [0, 0.1) is 29.7 Å². The Balaban J connectivity index is -0.000000000139. The first kappa shape index (κ1) is 237. The van der Waals surface area contributed by atoms with E-state index in [2.05, 4.69) is 0 Å². The van der Waals surface area contributed by atoms with Gasteiger partial charge in [-0.2, -0.15) is 0 Å². The largest absolute Gasteiger partial charge is 0.358 e. The molecule has 82 valence electrons. The third-order valence-electron chi connectivity index (χ3n) is 0. The van der Waals surface area contributed by atoms with E-state index in [1.807, 2.05) is 13.8 Å². The molecule has 3 heteroatoms. The molecule has 0 amide bonds. The summed E-state index contributed by atoms with van der Waals surface area (Å²) in [5.74, 6) is 0. The van der Waals surface area contributed by atoms with Crippen LogP contribution in [0.25, 0.3) is 0 Å². The maximum atomic E-state index is 2.00. The van der Waals surface area contributed by atoms with Gasteiger partial charge in [0.1, 0.15) is 0 Å². The second-order valence-corrected chi connectivity index (χ2v) is 0. The van der Waals surface area contributed by atoms with E-state index in [9.17, 15) is 0 Å². The zero-order valence-corrected chi connectivity index (χ0v) is 12.9. The van der Waals surface area contributed by atoms with Crippen molar-refractivity contribution in [3.63, 3.8) is 0 Å². The van der Waals surface area contributed by atoms with Crippen molar-refractivity contribution in [2.24, 2.45) is 0 Å². The average molecular weight is 420 g/mol. The fourth-order valence-corrected chi connectivity index (χ4v) is 0. The summed E-state index contributed by atoms with van der Waals surface area (Å²) in [6.07, 6.45) is 0. The first-order chi connectivity index (χ1) is 1.00. The minimum Gasteiger partial charge on any atom is -0.358 e. The van der Waals surface area contributed by atoms with E-state index in [1.165, 1.54) is 0 Å². The molecule has 0 fully saturated rings. The van der Waals surface area contributed by atoms with Gasteiger partial charge in [0, 0.05) is 52.8 Å². The van der Waals surface area contributed by atoms with E-state index >= 15 is 0 Å². The Labute approximate surface area is 116 Å². The number of hydrogen-bond acceptors (Lipinski definition) is 1. The molecule has 0 aliphatic heterocycles. The van der Waals surface area contributed by atoms with Crippen molar-refractivity contribution in [2.75, 3.05) is 0 Å². The maximum absolute atomic E-state index is 2.00. The molecule has 3 N–H and O–H groups in total. The third kappa shape index (κ3) is 377. The van der Waals surface area contributed by atoms with Gasteiger partial charge in [0.25, 0.3) is 0 Å². The van der Waals surface area contributed by atoms with Crippen LogP contribution < -0.4 is 6.15 Å². The van der Waals surface area contributed by atoms with Gasteiger partial charge in [0.05, 0.1) is 0 Å². The van der Waals surface area contributed by atoms with Gasteiger partial charge in [-0.25, -0.2) is 0 Å². The smallest absolute Gasteiger partial charge is 0 e. The molecule has 2 radical (unpaired) electrons. The van der Waals surface area contributed by atoms with E-state index in [-0.39, 0.29) is 104 Å². The monoisotopic (exact) mass is 421 g/mol. The van der Waals surface area contributed by atoms with Gasteiger partial charge in [-0.1, -0.05) is 28.7 Å². The molecule has 0 aliphatic carbocycles. The predicted molar refractivity (Wildman–Crippen MR) is 55.5 cm³/mol. The summed E-state index contributed by atoms with van der Waals surface area (Å²) in [5, 5.41) is 0. The fraction of sp³-hybridized carbons (Fsp3) is 0.500. The van der Waals surface area contributed by atoms with Crippen LogP contribution in [0.5, 0.6) is 0 Å². The number of hydrogen-bond donors (Lipinski definition) is 1. The van der Waals surface area contributed by atoms with Crippen LogP contribution in [-0.2, 0) is 52.8 Å². The zero-order valence-electron chi connectivity index (χ0n) is 7.62. The van der Waals surface area contributed by atoms with Crippen LogP contribution in [0.3, 0.4) is 0 Å². The van der Waals surface area contributed by atoms with Gasteiger partial charge in [-0.3, -0.25) is 0 Å². The van der Waals surface area contributed by atoms with E-state index < -0.39 is 0 Å². The molecule has 0 aliphatic rings. The molecule has 0 unspecified atom stereocenters. The first-order valence-electron chi connectivity index (χ1n) is 1.00. The molecule has 0 aromatic carbocycles. The Morgan fingerprint density at radius 3 is 0.636 bits per heavy atom. The third-order valence-corrected chi connectivity index (χ3v) is 0. The summed E-state index contributed by atoms with van der Waals surface area (Å²) >= 11 is 0. The van der Waals surface area contributed by atoms with Crippen molar-refractivity contribution in [3.8, 4) is 0 Å². The molecule has 1 nitrogen and oxygen atoms in total. The number of rotatable bonds is 0. The normalized spacial score (nSPS) is 0.545. The van der Waals surface area contributed by atoms with Gasteiger partial charge in [0.15, 0.2) is 0 Å². The van der Waals surface area contributed by atoms with Crippen LogP contribution in [0.1, 0.15) is 28.7 Å². The topological polar surface area (TPSA) is 35.0 Å². The molecule has 0 spiro atoms. The average Bonchev–Trinajstić information content (AvgIpc) is 1.00. The Hall–Kier alpha value is 1.71. The summed E-state index contributed by atoms with van der Waals surface area (Å²) in [6, 6.07) is 0. The van der Waals surface area contributed by atoms with Crippen molar-refractivity contribution in [2.45, 2.75) is 28.7 Å². The zero-order chi connectivity index (χ0) is 2.00. The van der Waals surface area contributed by atoms with Gasteiger partial charge in [-0.15, -0.1) is 0 Å². The van der Waals surface area contributed by atoms with Crippen LogP contribution in [0.2, 0.25) is 0 Å². The Kier molecular flexibility index (Phi) is 9870. The summed E-state index contributed by atoms with van der Waals surface area (Å²) in [6.45, 7) is 4.00. The molecular formula is C8H29IrNY-4. The molecule has 0 heterocycles. The molecule has 0 saturated heterocycles. The Morgan fingerprint density at radius 1 is 0.636 bits per heavy atom. The maximum Gasteiger partial charge on any atom is 0 e. The quantitative estimate of drug-likeness (QED) is 0.584. The second-order valence-electron chi connectivity index (χ2n) is 0. The summed E-state index contributed by atoms with van der Waals surface area (Å²) < 4.78 is 0. The molecule has 0 saturated carbocycles. The Morgan fingerprint density at radius 2 is 0.636 bits per heavy atom. The van der Waals surface area contributed by atoms with E-state index in [4.69, 9.17) is 0 Å². The molecule has 0 aromatic rings. The standard InChI is InChI=1S/C2H6.2CH4.4CH3.Ir.H3N.Y/c1-2;;;;;;;;;/h1-2H3;2*1H4;4*1H3;;1H3;/q;;;4*-1;;;. The van der Waals surface area contributed by atoms with E-state index in [1.54, 1.807) is 0 Å². The molecule has 0 atom stereocenters. The fourth-order valence-electron chi connectivity index (χ4n) is 0. The van der Waals surface area contributed by atoms with Gasteiger partial charge in [-0.05, 0) is 0 Å². The molecule has 0 rings (SSSR count). The van der Waals surface area contributed by atoms with Crippen LogP contribution in [0.15, 0.2) is 0 Å². The molecule has 11 heavy (non-hydrogen) atoms. The van der Waals surface area contributed by atoms with Gasteiger partial charge >= 0.3 is 0 Å². The summed E-state index contributed by atoms with van der Waals surface area (Å²) in [7, 11) is 0. The minimum absolute atomic E-state index is 0. The van der Waals surface area contributed by atoms with Crippen molar-refractivity contribution in [1.29, 1.82) is 0 Å².